The molecule has 2 aromatic carbocycles. The molecule has 2 amide bonds. The van der Waals surface area contributed by atoms with Crippen LogP contribution in [0, 0.1) is 0 Å². The number of fused-ring (bicyclic) bond motifs is 3. The van der Waals surface area contributed by atoms with E-state index in [0.29, 0.717) is 32.6 Å². The highest BCUT2D eigenvalue weighted by Crippen LogP contribution is 2.44. The van der Waals surface area contributed by atoms with Gasteiger partial charge in [-0.2, -0.15) is 11.8 Å². The summed E-state index contributed by atoms with van der Waals surface area (Å²) in [5.74, 6) is -0.350. The molecule has 9 heteroatoms. The monoisotopic (exact) mass is 497 g/mol. The molecule has 1 heterocycles. The molecule has 1 aliphatic carbocycles. The third-order valence-electron chi connectivity index (χ3n) is 6.59. The van der Waals surface area contributed by atoms with E-state index in [-0.39, 0.29) is 25.0 Å². The number of aliphatic carboxylic acids is 1. The molecule has 1 atom stereocenters. The lowest BCUT2D eigenvalue weighted by molar-refractivity contribution is -0.139. The maximum absolute atomic E-state index is 13.2. The summed E-state index contributed by atoms with van der Waals surface area (Å²) in [6.07, 6.45) is 1.86. The van der Waals surface area contributed by atoms with Crippen molar-refractivity contribution < 1.29 is 24.2 Å². The number of nitrogens with zero attached hydrogens (tertiary/aromatic N) is 2. The summed E-state index contributed by atoms with van der Waals surface area (Å²) in [5.41, 5.74) is 4.59. The van der Waals surface area contributed by atoms with E-state index in [1.54, 1.807) is 16.7 Å². The Kier molecular flexibility index (Phi) is 8.30. The molecular formula is C26H31N3O5S. The molecule has 4 rings (SSSR count). The summed E-state index contributed by atoms with van der Waals surface area (Å²) in [7, 11) is 0. The SMILES string of the molecule is CSCC[C@H](NC(=O)OCC1c2ccccc2-c2ccccc21)C(=O)N1CCN(CC(=O)O)CC1. The fourth-order valence-electron chi connectivity index (χ4n) is 4.81. The number of rotatable bonds is 9. The fourth-order valence-corrected chi connectivity index (χ4v) is 5.28. The van der Waals surface area contributed by atoms with Crippen molar-refractivity contribution >= 4 is 29.7 Å². The van der Waals surface area contributed by atoms with Crippen molar-refractivity contribution in [3.63, 3.8) is 0 Å². The Morgan fingerprint density at radius 1 is 1.03 bits per heavy atom. The number of carboxylic acids is 1. The average Bonchev–Trinajstić information content (AvgIpc) is 3.18. The fraction of sp³-hybridized carbons (Fsp3) is 0.423. The van der Waals surface area contributed by atoms with Gasteiger partial charge >= 0.3 is 12.1 Å². The van der Waals surface area contributed by atoms with Crippen LogP contribution < -0.4 is 5.32 Å². The second-order valence-corrected chi connectivity index (χ2v) is 9.78. The van der Waals surface area contributed by atoms with Gasteiger partial charge in [0.15, 0.2) is 0 Å². The molecule has 0 saturated carbocycles. The smallest absolute Gasteiger partial charge is 0.407 e. The number of piperazine rings is 1. The van der Waals surface area contributed by atoms with E-state index in [9.17, 15) is 14.4 Å². The highest BCUT2D eigenvalue weighted by Gasteiger charge is 2.31. The van der Waals surface area contributed by atoms with Crippen LogP contribution in [-0.2, 0) is 14.3 Å². The maximum Gasteiger partial charge on any atom is 0.407 e. The number of hydrogen-bond donors (Lipinski definition) is 2. The Hall–Kier alpha value is -3.04. The number of carboxylic acid groups (broad SMARTS) is 1. The predicted molar refractivity (Wildman–Crippen MR) is 136 cm³/mol. The van der Waals surface area contributed by atoms with Crippen LogP contribution in [0.1, 0.15) is 23.5 Å². The standard InChI is InChI=1S/C26H31N3O5S/c1-35-15-10-23(25(32)29-13-11-28(12-14-29)16-24(30)31)27-26(33)34-17-22-20-8-4-2-6-18(20)19-7-3-5-9-21(19)22/h2-9,22-23H,10-17H2,1H3,(H,27,33)(H,30,31)/t23-/m0/s1. The average molecular weight is 498 g/mol. The van der Waals surface area contributed by atoms with Crippen LogP contribution in [0.5, 0.6) is 0 Å². The molecule has 0 radical (unpaired) electrons. The molecule has 0 bridgehead atoms. The third kappa shape index (κ3) is 5.97. The second-order valence-electron chi connectivity index (χ2n) is 8.80. The van der Waals surface area contributed by atoms with E-state index in [2.05, 4.69) is 29.6 Å². The molecule has 0 spiro atoms. The Labute approximate surface area is 209 Å². The largest absolute Gasteiger partial charge is 0.480 e. The highest BCUT2D eigenvalue weighted by atomic mass is 32.2. The number of carbonyl (C=O) groups excluding carboxylic acids is 2. The van der Waals surface area contributed by atoms with Crippen LogP contribution in [0.3, 0.4) is 0 Å². The summed E-state index contributed by atoms with van der Waals surface area (Å²) in [5, 5.41) is 11.8. The van der Waals surface area contributed by atoms with Crippen molar-refractivity contribution in [3.8, 4) is 11.1 Å². The number of thioether (sulfide) groups is 1. The summed E-state index contributed by atoms with van der Waals surface area (Å²) in [6.45, 7) is 2.03. The van der Waals surface area contributed by atoms with E-state index in [1.165, 1.54) is 0 Å². The minimum atomic E-state index is -0.875. The number of benzene rings is 2. The minimum Gasteiger partial charge on any atom is -0.480 e. The quantitative estimate of drug-likeness (QED) is 0.550. The molecule has 1 fully saturated rings. The van der Waals surface area contributed by atoms with Gasteiger partial charge < -0.3 is 20.1 Å². The van der Waals surface area contributed by atoms with Crippen LogP contribution in [-0.4, -0.2) is 90.3 Å². The van der Waals surface area contributed by atoms with Crippen molar-refractivity contribution in [2.75, 3.05) is 51.3 Å². The van der Waals surface area contributed by atoms with E-state index < -0.39 is 18.1 Å². The Balaban J connectivity index is 1.36. The number of nitrogens with one attached hydrogen (secondary N) is 1. The maximum atomic E-state index is 13.2. The molecule has 186 valence electrons. The molecule has 2 N–H and O–H groups in total. The van der Waals surface area contributed by atoms with E-state index >= 15 is 0 Å². The summed E-state index contributed by atoms with van der Waals surface area (Å²) in [6, 6.07) is 15.6. The van der Waals surface area contributed by atoms with Crippen LogP contribution in [0.15, 0.2) is 48.5 Å². The number of amides is 2. The summed E-state index contributed by atoms with van der Waals surface area (Å²) in [4.78, 5) is 40.4. The van der Waals surface area contributed by atoms with Crippen LogP contribution in [0.25, 0.3) is 11.1 Å². The van der Waals surface area contributed by atoms with Gasteiger partial charge in [-0.3, -0.25) is 14.5 Å². The zero-order chi connectivity index (χ0) is 24.8. The minimum absolute atomic E-state index is 0.0318. The van der Waals surface area contributed by atoms with Crippen LogP contribution >= 0.6 is 11.8 Å². The van der Waals surface area contributed by atoms with Crippen molar-refractivity contribution in [2.45, 2.75) is 18.4 Å². The zero-order valence-corrected chi connectivity index (χ0v) is 20.6. The molecule has 35 heavy (non-hydrogen) atoms. The first-order chi connectivity index (χ1) is 17.0. The van der Waals surface area contributed by atoms with Gasteiger partial charge in [-0.1, -0.05) is 48.5 Å². The van der Waals surface area contributed by atoms with Gasteiger partial charge in [-0.15, -0.1) is 0 Å². The van der Waals surface area contributed by atoms with Gasteiger partial charge in [0.1, 0.15) is 12.6 Å². The van der Waals surface area contributed by atoms with Crippen molar-refractivity contribution in [2.24, 2.45) is 0 Å². The summed E-state index contributed by atoms with van der Waals surface area (Å²) >= 11 is 1.61. The molecule has 0 aromatic heterocycles. The molecule has 2 aliphatic rings. The predicted octanol–water partition coefficient (Wildman–Crippen LogP) is 2.88. The van der Waals surface area contributed by atoms with Crippen LogP contribution in [0.4, 0.5) is 4.79 Å². The molecule has 0 unspecified atom stereocenters. The Bertz CT molecular complexity index is 1020. The first-order valence-corrected chi connectivity index (χ1v) is 13.2. The van der Waals surface area contributed by atoms with Crippen LogP contribution in [0.2, 0.25) is 0 Å². The van der Waals surface area contributed by atoms with Crippen molar-refractivity contribution in [3.05, 3.63) is 59.7 Å². The highest BCUT2D eigenvalue weighted by molar-refractivity contribution is 7.98. The van der Waals surface area contributed by atoms with Gasteiger partial charge in [0.25, 0.3) is 0 Å². The lowest BCUT2D eigenvalue weighted by atomic mass is 9.98. The lowest BCUT2D eigenvalue weighted by Crippen LogP contribution is -2.55. The topological polar surface area (TPSA) is 99.2 Å². The molecule has 8 nitrogen and oxygen atoms in total. The molecular weight excluding hydrogens is 466 g/mol. The first-order valence-electron chi connectivity index (χ1n) is 11.8. The molecule has 1 saturated heterocycles. The van der Waals surface area contributed by atoms with E-state index in [4.69, 9.17) is 9.84 Å². The summed E-state index contributed by atoms with van der Waals surface area (Å²) < 4.78 is 5.65. The number of carbonyl (C=O) groups is 3. The molecule has 1 aliphatic heterocycles. The Morgan fingerprint density at radius 2 is 1.63 bits per heavy atom. The molecule has 2 aromatic rings. The van der Waals surface area contributed by atoms with Gasteiger partial charge in [-0.05, 0) is 40.7 Å². The number of alkyl carbamates (subject to hydrolysis) is 1. The van der Waals surface area contributed by atoms with E-state index in [1.807, 2.05) is 35.4 Å². The second kappa shape index (κ2) is 11.6. The first kappa shape index (κ1) is 25.1. The van der Waals surface area contributed by atoms with Crippen molar-refractivity contribution in [1.29, 1.82) is 0 Å². The van der Waals surface area contributed by atoms with Gasteiger partial charge in [-0.25, -0.2) is 4.79 Å². The van der Waals surface area contributed by atoms with Gasteiger partial charge in [0.05, 0.1) is 6.54 Å². The van der Waals surface area contributed by atoms with E-state index in [0.717, 1.165) is 28.0 Å². The van der Waals surface area contributed by atoms with Crippen molar-refractivity contribution in [1.82, 2.24) is 15.1 Å². The third-order valence-corrected chi connectivity index (χ3v) is 7.23. The number of ether oxygens (including phenoxy) is 1. The lowest BCUT2D eigenvalue weighted by Gasteiger charge is -2.35. The normalized spacial score (nSPS) is 16.3. The number of hydrogen-bond acceptors (Lipinski definition) is 6. The Morgan fingerprint density at radius 3 is 2.20 bits per heavy atom. The van der Waals surface area contributed by atoms with Gasteiger partial charge in [0.2, 0.25) is 5.91 Å². The zero-order valence-electron chi connectivity index (χ0n) is 19.8. The van der Waals surface area contributed by atoms with Gasteiger partial charge in [0, 0.05) is 32.1 Å².